The Balaban J connectivity index is 1.69. The second kappa shape index (κ2) is 8.62. The third-order valence-corrected chi connectivity index (χ3v) is 6.33. The van der Waals surface area contributed by atoms with Gasteiger partial charge >= 0.3 is 0 Å². The Labute approximate surface area is 178 Å². The number of hydrogen-bond donors (Lipinski definition) is 0. The first-order chi connectivity index (χ1) is 14.6. The van der Waals surface area contributed by atoms with Crippen molar-refractivity contribution in [2.75, 3.05) is 46.9 Å². The van der Waals surface area contributed by atoms with Crippen LogP contribution in [0.4, 0.5) is 0 Å². The molecule has 7 heteroatoms. The maximum absolute atomic E-state index is 5.59. The molecule has 7 nitrogen and oxygen atoms in total. The van der Waals surface area contributed by atoms with Crippen molar-refractivity contribution in [3.63, 3.8) is 0 Å². The third-order valence-electron chi connectivity index (χ3n) is 6.33. The number of ether oxygens (including phenoxy) is 2. The van der Waals surface area contributed by atoms with Crippen molar-refractivity contribution in [1.29, 1.82) is 0 Å². The molecule has 160 valence electrons. The van der Waals surface area contributed by atoms with Crippen LogP contribution in [0.5, 0.6) is 11.6 Å². The maximum Gasteiger partial charge on any atom is 0.226 e. The Hall–Kier alpha value is -2.64. The summed E-state index contributed by atoms with van der Waals surface area (Å²) in [6, 6.07) is 6.53. The van der Waals surface area contributed by atoms with E-state index < -0.39 is 0 Å². The Morgan fingerprint density at radius 2 is 1.83 bits per heavy atom. The van der Waals surface area contributed by atoms with E-state index in [1.165, 1.54) is 0 Å². The fraction of sp³-hybridized carbons (Fsp3) is 0.478. The van der Waals surface area contributed by atoms with E-state index in [-0.39, 0.29) is 0 Å². The van der Waals surface area contributed by atoms with Gasteiger partial charge in [0.05, 0.1) is 37.3 Å². The van der Waals surface area contributed by atoms with Gasteiger partial charge in [0.1, 0.15) is 11.3 Å². The zero-order valence-corrected chi connectivity index (χ0v) is 18.6. The smallest absolute Gasteiger partial charge is 0.226 e. The number of pyridine rings is 2. The van der Waals surface area contributed by atoms with Crippen molar-refractivity contribution in [3.05, 3.63) is 36.3 Å². The molecule has 0 saturated carbocycles. The molecule has 0 aromatic carbocycles. The van der Waals surface area contributed by atoms with Crippen molar-refractivity contribution in [2.45, 2.75) is 19.9 Å². The molecule has 3 aromatic heterocycles. The third kappa shape index (κ3) is 3.63. The molecule has 1 unspecified atom stereocenters. The Bertz CT molecular complexity index is 1000. The lowest BCUT2D eigenvalue weighted by Gasteiger charge is -2.37. The van der Waals surface area contributed by atoms with Crippen molar-refractivity contribution in [3.8, 4) is 22.9 Å². The van der Waals surface area contributed by atoms with Gasteiger partial charge in [0.2, 0.25) is 5.88 Å². The number of aryl methyl sites for hydroxylation is 1. The van der Waals surface area contributed by atoms with Gasteiger partial charge < -0.3 is 18.9 Å². The van der Waals surface area contributed by atoms with Gasteiger partial charge in [-0.3, -0.25) is 9.88 Å². The highest BCUT2D eigenvalue weighted by molar-refractivity contribution is 5.89. The molecule has 0 spiro atoms. The monoisotopic (exact) mass is 409 g/mol. The van der Waals surface area contributed by atoms with Gasteiger partial charge in [-0.25, -0.2) is 4.98 Å². The van der Waals surface area contributed by atoms with Gasteiger partial charge in [-0.15, -0.1) is 0 Å². The normalized spacial score (nSPS) is 16.7. The van der Waals surface area contributed by atoms with E-state index in [2.05, 4.69) is 45.3 Å². The summed E-state index contributed by atoms with van der Waals surface area (Å²) in [5.74, 6) is 1.29. The molecule has 1 saturated heterocycles. The Morgan fingerprint density at radius 3 is 2.50 bits per heavy atom. The molecule has 4 rings (SSSR count). The number of aromatic nitrogens is 3. The van der Waals surface area contributed by atoms with Gasteiger partial charge in [0.25, 0.3) is 0 Å². The summed E-state index contributed by atoms with van der Waals surface area (Å²) >= 11 is 0. The maximum atomic E-state index is 5.59. The van der Waals surface area contributed by atoms with Crippen LogP contribution in [0.15, 0.2) is 30.6 Å². The van der Waals surface area contributed by atoms with E-state index in [4.69, 9.17) is 14.5 Å². The van der Waals surface area contributed by atoms with Crippen molar-refractivity contribution in [1.82, 2.24) is 24.3 Å². The molecular formula is C23H31N5O2. The predicted molar refractivity (Wildman–Crippen MR) is 119 cm³/mol. The molecule has 1 aliphatic heterocycles. The van der Waals surface area contributed by atoms with E-state index >= 15 is 0 Å². The summed E-state index contributed by atoms with van der Waals surface area (Å²) in [6.07, 6.45) is 3.67. The molecule has 0 bridgehead atoms. The molecular weight excluding hydrogens is 378 g/mol. The van der Waals surface area contributed by atoms with Crippen LogP contribution >= 0.6 is 0 Å². The number of methoxy groups -OCH3 is 2. The average Bonchev–Trinajstić information content (AvgIpc) is 3.13. The highest BCUT2D eigenvalue weighted by Gasteiger charge is 2.23. The first kappa shape index (κ1) is 20.6. The quantitative estimate of drug-likeness (QED) is 0.622. The predicted octanol–water partition coefficient (Wildman–Crippen LogP) is 3.35. The SMILES string of the molecule is CCN1CCN(C(C)c2cc3cc(-c4c(OC)ccnc4OC)n(C)c3cn2)CC1. The number of rotatable bonds is 6. The lowest BCUT2D eigenvalue weighted by molar-refractivity contribution is 0.104. The van der Waals surface area contributed by atoms with Crippen LogP contribution in [0, 0.1) is 0 Å². The molecule has 4 heterocycles. The molecule has 1 atom stereocenters. The first-order valence-corrected chi connectivity index (χ1v) is 10.6. The number of piperazine rings is 1. The molecule has 0 aliphatic carbocycles. The summed E-state index contributed by atoms with van der Waals surface area (Å²) in [6.45, 7) is 10.0. The van der Waals surface area contributed by atoms with Gasteiger partial charge in [-0.2, -0.15) is 0 Å². The molecule has 1 fully saturated rings. The van der Waals surface area contributed by atoms with Crippen LogP contribution < -0.4 is 9.47 Å². The molecule has 1 aliphatic rings. The second-order valence-electron chi connectivity index (χ2n) is 7.80. The average molecular weight is 410 g/mol. The van der Waals surface area contributed by atoms with Gasteiger partial charge in [-0.05, 0) is 31.7 Å². The van der Waals surface area contributed by atoms with Crippen LogP contribution in [-0.4, -0.2) is 71.3 Å². The summed E-state index contributed by atoms with van der Waals surface area (Å²) in [4.78, 5) is 14.2. The molecule has 0 amide bonds. The summed E-state index contributed by atoms with van der Waals surface area (Å²) in [5.41, 5.74) is 4.03. The van der Waals surface area contributed by atoms with E-state index in [0.29, 0.717) is 11.9 Å². The molecule has 3 aromatic rings. The minimum Gasteiger partial charge on any atom is -0.496 e. The van der Waals surface area contributed by atoms with E-state index in [0.717, 1.165) is 66.3 Å². The lowest BCUT2D eigenvalue weighted by atomic mass is 10.1. The van der Waals surface area contributed by atoms with Crippen LogP contribution in [0.3, 0.4) is 0 Å². The zero-order valence-electron chi connectivity index (χ0n) is 18.6. The Morgan fingerprint density at radius 1 is 1.07 bits per heavy atom. The van der Waals surface area contributed by atoms with Crippen LogP contribution in [0.1, 0.15) is 25.6 Å². The minimum absolute atomic E-state index is 0.291. The number of nitrogens with zero attached hydrogens (tertiary/aromatic N) is 5. The van der Waals surface area contributed by atoms with E-state index in [1.54, 1.807) is 20.4 Å². The number of likely N-dealkylation sites (N-methyl/N-ethyl adjacent to an activating group) is 1. The van der Waals surface area contributed by atoms with Crippen molar-refractivity contribution >= 4 is 10.9 Å². The molecule has 30 heavy (non-hydrogen) atoms. The zero-order chi connectivity index (χ0) is 21.3. The highest BCUT2D eigenvalue weighted by atomic mass is 16.5. The number of hydrogen-bond acceptors (Lipinski definition) is 6. The van der Waals surface area contributed by atoms with Crippen molar-refractivity contribution in [2.24, 2.45) is 7.05 Å². The van der Waals surface area contributed by atoms with Gasteiger partial charge in [0.15, 0.2) is 0 Å². The lowest BCUT2D eigenvalue weighted by Crippen LogP contribution is -2.46. The second-order valence-corrected chi connectivity index (χ2v) is 7.80. The summed E-state index contributed by atoms with van der Waals surface area (Å²) < 4.78 is 13.2. The van der Waals surface area contributed by atoms with Gasteiger partial charge in [-0.1, -0.05) is 6.92 Å². The topological polar surface area (TPSA) is 55.6 Å². The fourth-order valence-corrected chi connectivity index (χ4v) is 4.36. The number of fused-ring (bicyclic) bond motifs is 1. The fourth-order valence-electron chi connectivity index (χ4n) is 4.36. The highest BCUT2D eigenvalue weighted by Crippen LogP contribution is 2.39. The minimum atomic E-state index is 0.291. The van der Waals surface area contributed by atoms with E-state index in [9.17, 15) is 0 Å². The molecule has 0 N–H and O–H groups in total. The van der Waals surface area contributed by atoms with Crippen LogP contribution in [0.25, 0.3) is 22.2 Å². The summed E-state index contributed by atoms with van der Waals surface area (Å²) in [5, 5.41) is 1.16. The van der Waals surface area contributed by atoms with Crippen LogP contribution in [-0.2, 0) is 7.05 Å². The molecule has 0 radical (unpaired) electrons. The van der Waals surface area contributed by atoms with Crippen LogP contribution in [0.2, 0.25) is 0 Å². The Kier molecular flexibility index (Phi) is 5.92. The summed E-state index contributed by atoms with van der Waals surface area (Å²) in [7, 11) is 5.34. The first-order valence-electron chi connectivity index (χ1n) is 10.6. The standard InChI is InChI=1S/C23H31N5O2/c1-6-27-9-11-28(12-10-27)16(2)18-13-17-14-19(26(3)20(17)15-25-18)22-21(29-4)7-8-24-23(22)30-5/h7-8,13-16H,6,9-12H2,1-5H3. The largest absolute Gasteiger partial charge is 0.496 e. The van der Waals surface area contributed by atoms with Crippen molar-refractivity contribution < 1.29 is 9.47 Å². The van der Waals surface area contributed by atoms with Gasteiger partial charge in [0, 0.05) is 50.9 Å². The van der Waals surface area contributed by atoms with E-state index in [1.807, 2.05) is 19.3 Å².